The molecule has 0 aliphatic carbocycles. The lowest BCUT2D eigenvalue weighted by molar-refractivity contribution is -0.135. The number of ether oxygens (including phenoxy) is 1. The number of nitrogens with zero attached hydrogens (tertiary/aromatic N) is 7. The van der Waals surface area contributed by atoms with Gasteiger partial charge < -0.3 is 41.7 Å². The Bertz CT molecular complexity index is 2630. The number of likely N-dealkylation sites (N-methyl/N-ethyl adjacent to an activating group) is 2. The van der Waals surface area contributed by atoms with Crippen LogP contribution in [-0.2, 0) is 33.5 Å². The molecular formula is C64H109N13O9Si2. The van der Waals surface area contributed by atoms with Crippen molar-refractivity contribution in [2.75, 3.05) is 27.2 Å². The second-order valence-corrected chi connectivity index (χ2v) is 38.2. The van der Waals surface area contributed by atoms with E-state index in [1.54, 1.807) is 32.9 Å². The maximum atomic E-state index is 15.4. The maximum Gasteiger partial charge on any atom is 0.410 e. The Hall–Kier alpha value is -6.72. The van der Waals surface area contributed by atoms with Gasteiger partial charge in [0.2, 0.25) is 35.4 Å². The lowest BCUT2D eigenvalue weighted by atomic mass is 9.97. The van der Waals surface area contributed by atoms with Gasteiger partial charge in [0.05, 0.1) is 11.1 Å². The van der Waals surface area contributed by atoms with Gasteiger partial charge in [0.1, 0.15) is 63.7 Å². The van der Waals surface area contributed by atoms with Crippen molar-refractivity contribution in [2.45, 2.75) is 265 Å². The van der Waals surface area contributed by atoms with E-state index < -0.39 is 99.5 Å². The number of carbonyl (C=O) groups excluding carboxylic acids is 7. The molecule has 0 aliphatic rings. The van der Waals surface area contributed by atoms with E-state index in [4.69, 9.17) is 15.8 Å². The number of carbonyl (C=O) groups is 7. The van der Waals surface area contributed by atoms with Crippen molar-refractivity contribution >= 4 is 57.7 Å². The summed E-state index contributed by atoms with van der Waals surface area (Å²) in [7, 11) is -2.06. The predicted molar refractivity (Wildman–Crippen MR) is 355 cm³/mol. The molecule has 1 rings (SSSR count). The van der Waals surface area contributed by atoms with Crippen molar-refractivity contribution in [1.29, 1.82) is 0 Å². The van der Waals surface area contributed by atoms with Crippen molar-refractivity contribution in [3.8, 4) is 28.7 Å². The molecule has 0 radical (unpaired) electrons. The smallest absolute Gasteiger partial charge is 0.410 e. The summed E-state index contributed by atoms with van der Waals surface area (Å²) in [6, 6.07) is -4.50. The van der Waals surface area contributed by atoms with Crippen molar-refractivity contribution < 1.29 is 43.4 Å². The summed E-state index contributed by atoms with van der Waals surface area (Å²) < 4.78 is 5.59. The van der Waals surface area contributed by atoms with Gasteiger partial charge in [0.25, 0.3) is 0 Å². The molecule has 22 nitrogen and oxygen atoms in total. The van der Waals surface area contributed by atoms with Gasteiger partial charge >= 0.3 is 6.09 Å². The third kappa shape index (κ3) is 24.0. The van der Waals surface area contributed by atoms with Crippen molar-refractivity contribution in [2.24, 2.45) is 22.1 Å². The highest BCUT2D eigenvalue weighted by molar-refractivity contribution is 6.91. The van der Waals surface area contributed by atoms with Crippen LogP contribution in [0.1, 0.15) is 213 Å². The summed E-state index contributed by atoms with van der Waals surface area (Å²) in [4.78, 5) is 107. The second kappa shape index (κ2) is 37.3. The fourth-order valence-electron chi connectivity index (χ4n) is 11.9. The number of unbranched alkanes of at least 4 members (excludes halogenated alkanes) is 2. The average molecular weight is 1260 g/mol. The van der Waals surface area contributed by atoms with Crippen LogP contribution in [0.25, 0.3) is 20.9 Å². The molecule has 0 bridgehead atoms. The fourth-order valence-corrected chi connectivity index (χ4v) is 22.3. The van der Waals surface area contributed by atoms with E-state index in [9.17, 15) is 33.9 Å². The molecule has 0 spiro atoms. The zero-order valence-electron chi connectivity index (χ0n) is 57.2. The minimum absolute atomic E-state index is 0.0442. The van der Waals surface area contributed by atoms with Crippen LogP contribution in [0, 0.1) is 34.8 Å². The standard InChI is InChI=1S/C64H109N13O9Si2/c1-39(2)35-53(60(82)71-51(58(80)67-21)27-23-25-31-68-75-65)73-62(84)55(50-37-48(29-33-87(41(5)6,42(7)8)43(9)10)56(78)49(38-50)30-34-88(44(11)12,45(13)14)46(15)16)74-57(79)47(17)70-59(81)52(28-24-26-32-69-76-66)72-61(83)54(36-40(3)4)77(22)63(85)86-64(18,19)20/h37-47,51-55,78H,23-28,31-32,35-36H2,1-22H3,(H,67,80)(H,70,81)(H,71,82)(H,72,83)(H,73,84)(H,74,79)/t47-,51-,52+,53+,54+,55+/m0/s1. The molecule has 0 unspecified atom stereocenters. The van der Waals surface area contributed by atoms with E-state index in [1.165, 1.54) is 25.9 Å². The number of rotatable bonds is 33. The minimum Gasteiger partial charge on any atom is -0.505 e. The van der Waals surface area contributed by atoms with Gasteiger partial charge in [-0.25, -0.2) is 4.79 Å². The molecule has 6 atom stereocenters. The van der Waals surface area contributed by atoms with E-state index in [0.29, 0.717) is 25.7 Å². The lowest BCUT2D eigenvalue weighted by Crippen LogP contribution is -2.58. The van der Waals surface area contributed by atoms with Crippen LogP contribution in [0.15, 0.2) is 22.4 Å². The molecule has 7 amide bonds. The van der Waals surface area contributed by atoms with Crippen LogP contribution in [-0.4, -0.2) is 131 Å². The summed E-state index contributed by atoms with van der Waals surface area (Å²) in [6.45, 7) is 40.4. The van der Waals surface area contributed by atoms with Crippen molar-refractivity contribution in [3.63, 3.8) is 0 Å². The highest BCUT2D eigenvalue weighted by Gasteiger charge is 2.44. The number of hydrogen-bond acceptors (Lipinski definition) is 11. The maximum absolute atomic E-state index is 15.4. The molecule has 24 heteroatoms. The Balaban J connectivity index is 4.47. The van der Waals surface area contributed by atoms with E-state index in [2.05, 4.69) is 158 Å². The molecule has 88 heavy (non-hydrogen) atoms. The topological polar surface area (TPSA) is 322 Å². The summed E-state index contributed by atoms with van der Waals surface area (Å²) >= 11 is 0. The summed E-state index contributed by atoms with van der Waals surface area (Å²) in [6.07, 6.45) is 1.37. The van der Waals surface area contributed by atoms with E-state index >= 15 is 4.79 Å². The van der Waals surface area contributed by atoms with Crippen LogP contribution < -0.4 is 31.9 Å². The minimum atomic E-state index is -2.48. The number of azide groups is 2. The number of hydrogen-bond donors (Lipinski definition) is 7. The Morgan fingerprint density at radius 1 is 0.568 bits per heavy atom. The van der Waals surface area contributed by atoms with E-state index in [1.807, 2.05) is 27.7 Å². The zero-order chi connectivity index (χ0) is 67.6. The van der Waals surface area contributed by atoms with Crippen LogP contribution in [0.5, 0.6) is 5.75 Å². The number of nitrogens with one attached hydrogen (secondary N) is 6. The van der Waals surface area contributed by atoms with Gasteiger partial charge in [0, 0.05) is 37.0 Å². The SMILES string of the molecule is CNC(=O)[C@H](CCCCN=[N+]=[N-])NC(=O)[C@@H](CC(C)C)NC(=O)[C@H](NC(=O)[C@H](C)NC(=O)[C@@H](CCCCN=[N+]=[N-])NC(=O)[C@@H](CC(C)C)N(C)C(=O)OC(C)(C)C)c1cc(C#C[Si](C(C)C)(C(C)C)C(C)C)c(O)c(C#C[Si](C(C)C)(C(C)C)C(C)C)c1. The first kappa shape index (κ1) is 79.3. The van der Waals surface area contributed by atoms with Gasteiger partial charge in [0.15, 0.2) is 0 Å². The number of phenols is 1. The number of aromatic hydroxyl groups is 1. The van der Waals surface area contributed by atoms with Crippen LogP contribution in [0.2, 0.25) is 33.2 Å². The summed E-state index contributed by atoms with van der Waals surface area (Å²) in [5.74, 6) is 2.08. The van der Waals surface area contributed by atoms with E-state index in [0.717, 1.165) is 0 Å². The molecule has 1 aromatic carbocycles. The Morgan fingerprint density at radius 3 is 1.35 bits per heavy atom. The molecule has 0 aromatic heterocycles. The molecule has 1 aromatic rings. The highest BCUT2D eigenvalue weighted by Crippen LogP contribution is 2.43. The van der Waals surface area contributed by atoms with E-state index in [-0.39, 0.29) is 106 Å². The second-order valence-electron chi connectivity index (χ2n) is 27.0. The first-order valence-electron chi connectivity index (χ1n) is 31.5. The Kier molecular flexibility index (Phi) is 33.6. The molecule has 0 fully saturated rings. The molecule has 0 aliphatic heterocycles. The first-order chi connectivity index (χ1) is 40.9. The van der Waals surface area contributed by atoms with Crippen molar-refractivity contribution in [1.82, 2.24) is 36.8 Å². The van der Waals surface area contributed by atoms with Gasteiger partial charge in [-0.05, 0) is 140 Å². The number of benzene rings is 1. The Morgan fingerprint density at radius 2 is 0.966 bits per heavy atom. The summed E-state index contributed by atoms with van der Waals surface area (Å²) in [5.41, 5.74) is 26.0. The van der Waals surface area contributed by atoms with Crippen LogP contribution in [0.4, 0.5) is 4.79 Å². The molecule has 0 saturated heterocycles. The zero-order valence-corrected chi connectivity index (χ0v) is 59.2. The Labute approximate surface area is 528 Å². The molecule has 0 saturated carbocycles. The van der Waals surface area contributed by atoms with Gasteiger partial charge in [-0.2, -0.15) is 0 Å². The van der Waals surface area contributed by atoms with Gasteiger partial charge in [-0.15, -0.1) is 11.1 Å². The lowest BCUT2D eigenvalue weighted by Gasteiger charge is -2.38. The molecule has 7 N–H and O–H groups in total. The van der Waals surface area contributed by atoms with Gasteiger partial charge in [-0.3, -0.25) is 33.7 Å². The third-order valence-corrected chi connectivity index (χ3v) is 29.0. The molecule has 492 valence electrons. The first-order valence-corrected chi connectivity index (χ1v) is 36.0. The van der Waals surface area contributed by atoms with Crippen LogP contribution >= 0.6 is 0 Å². The van der Waals surface area contributed by atoms with Crippen molar-refractivity contribution in [3.05, 3.63) is 49.7 Å². The van der Waals surface area contributed by atoms with Crippen LogP contribution in [0.3, 0.4) is 0 Å². The molecular weight excluding hydrogens is 1150 g/mol. The monoisotopic (exact) mass is 1260 g/mol. The number of amides is 7. The summed E-state index contributed by atoms with van der Waals surface area (Å²) in [5, 5.41) is 36.3. The third-order valence-electron chi connectivity index (χ3n) is 16.5. The predicted octanol–water partition coefficient (Wildman–Crippen LogP) is 11.7. The van der Waals surface area contributed by atoms with Gasteiger partial charge in [-0.1, -0.05) is 146 Å². The fraction of sp³-hybridized carbons (Fsp3) is 0.734. The average Bonchev–Trinajstić information content (AvgIpc) is 1.93. The quantitative estimate of drug-likeness (QED) is 0.00877. The number of phenolic OH excluding ortho intramolecular Hbond substituents is 1. The largest absolute Gasteiger partial charge is 0.505 e. The normalized spacial score (nSPS) is 13.8. The molecule has 0 heterocycles. The highest BCUT2D eigenvalue weighted by atomic mass is 28.3.